The third kappa shape index (κ3) is 6.07. The van der Waals surface area contributed by atoms with Gasteiger partial charge in [-0.15, -0.1) is 0 Å². The number of carboxylic acids is 1. The second kappa shape index (κ2) is 10.1. The number of halogens is 2. The molecule has 0 saturated carbocycles. The van der Waals surface area contributed by atoms with Crippen molar-refractivity contribution in [2.75, 3.05) is 0 Å². The maximum atomic E-state index is 12.3. The van der Waals surface area contributed by atoms with Gasteiger partial charge in [0.1, 0.15) is 6.04 Å². The molecule has 1 atom stereocenters. The molecule has 4 nitrogen and oxygen atoms in total. The molecule has 0 aromatic heterocycles. The van der Waals surface area contributed by atoms with E-state index in [0.717, 1.165) is 11.1 Å². The lowest BCUT2D eigenvalue weighted by atomic mass is 10.0. The molecule has 0 unspecified atom stereocenters. The van der Waals surface area contributed by atoms with Crippen LogP contribution in [0.2, 0.25) is 10.0 Å². The van der Waals surface area contributed by atoms with Crippen molar-refractivity contribution in [2.45, 2.75) is 33.2 Å². The van der Waals surface area contributed by atoms with Crippen LogP contribution in [0, 0.1) is 6.92 Å². The second-order valence-corrected chi connectivity index (χ2v) is 5.97. The van der Waals surface area contributed by atoms with E-state index in [1.54, 1.807) is 6.07 Å². The first kappa shape index (κ1) is 21.0. The van der Waals surface area contributed by atoms with Gasteiger partial charge in [-0.1, -0.05) is 72.9 Å². The molecule has 2 aromatic carbocycles. The molecule has 0 aliphatic carbocycles. The van der Waals surface area contributed by atoms with Crippen LogP contribution < -0.4 is 5.32 Å². The van der Waals surface area contributed by atoms with Crippen LogP contribution in [0.25, 0.3) is 0 Å². The second-order valence-electron chi connectivity index (χ2n) is 5.15. The van der Waals surface area contributed by atoms with Crippen molar-refractivity contribution < 1.29 is 14.7 Å². The van der Waals surface area contributed by atoms with Gasteiger partial charge in [-0.05, 0) is 24.6 Å². The maximum Gasteiger partial charge on any atom is 0.326 e. The third-order valence-corrected chi connectivity index (χ3v) is 3.98. The molecule has 0 aliphatic heterocycles. The van der Waals surface area contributed by atoms with E-state index < -0.39 is 17.9 Å². The van der Waals surface area contributed by atoms with Gasteiger partial charge in [0.2, 0.25) is 0 Å². The number of amides is 1. The minimum Gasteiger partial charge on any atom is -0.480 e. The van der Waals surface area contributed by atoms with Crippen molar-refractivity contribution in [2.24, 2.45) is 0 Å². The zero-order chi connectivity index (χ0) is 19.0. The predicted octanol–water partition coefficient (Wildman–Crippen LogP) is 4.75. The minimum atomic E-state index is -1.12. The molecule has 0 spiro atoms. The minimum absolute atomic E-state index is 0.0750. The van der Waals surface area contributed by atoms with Gasteiger partial charge in [0.25, 0.3) is 5.91 Å². The van der Waals surface area contributed by atoms with Crippen molar-refractivity contribution in [3.8, 4) is 0 Å². The fraction of sp³-hybridized carbons (Fsp3) is 0.263. The number of hydrogen-bond donors (Lipinski definition) is 2. The summed E-state index contributed by atoms with van der Waals surface area (Å²) in [5.74, 6) is -1.73. The van der Waals surface area contributed by atoms with E-state index in [2.05, 4.69) is 5.32 Å². The molecule has 6 heteroatoms. The first-order chi connectivity index (χ1) is 11.9. The summed E-state index contributed by atoms with van der Waals surface area (Å²) in [6.45, 7) is 5.94. The first-order valence-corrected chi connectivity index (χ1v) is 8.67. The Kier molecular flexibility index (Phi) is 8.46. The third-order valence-electron chi connectivity index (χ3n) is 3.35. The van der Waals surface area contributed by atoms with Crippen molar-refractivity contribution in [1.82, 2.24) is 5.32 Å². The number of carbonyl (C=O) groups is 2. The highest BCUT2D eigenvalue weighted by Crippen LogP contribution is 2.24. The number of carbonyl (C=O) groups excluding carboxylic acids is 1. The van der Waals surface area contributed by atoms with Crippen LogP contribution in [0.5, 0.6) is 0 Å². The topological polar surface area (TPSA) is 66.4 Å². The Bertz CT molecular complexity index is 710. The molecule has 2 N–H and O–H groups in total. The Labute approximate surface area is 157 Å². The Morgan fingerprint density at radius 1 is 1.04 bits per heavy atom. The first-order valence-electron chi connectivity index (χ1n) is 7.91. The highest BCUT2D eigenvalue weighted by atomic mass is 35.5. The van der Waals surface area contributed by atoms with Crippen LogP contribution in [-0.2, 0) is 11.2 Å². The zero-order valence-corrected chi connectivity index (χ0v) is 15.9. The van der Waals surface area contributed by atoms with Crippen LogP contribution in [0.3, 0.4) is 0 Å². The summed E-state index contributed by atoms with van der Waals surface area (Å²) >= 11 is 11.9. The van der Waals surface area contributed by atoms with Gasteiger partial charge in [0.05, 0.1) is 15.6 Å². The van der Waals surface area contributed by atoms with E-state index in [1.807, 2.05) is 45.0 Å². The molecular formula is C19H21Cl2NO3. The number of nitrogens with one attached hydrogen (secondary N) is 1. The van der Waals surface area contributed by atoms with Crippen molar-refractivity contribution >= 4 is 35.1 Å². The van der Waals surface area contributed by atoms with Crippen LogP contribution in [0.4, 0.5) is 0 Å². The quantitative estimate of drug-likeness (QED) is 0.784. The monoisotopic (exact) mass is 381 g/mol. The SMILES string of the molecule is CC.Cc1ccc(C[C@H](NC(=O)c2c(Cl)cccc2Cl)C(=O)O)cc1. The van der Waals surface area contributed by atoms with E-state index in [1.165, 1.54) is 12.1 Å². The summed E-state index contributed by atoms with van der Waals surface area (Å²) in [7, 11) is 0. The van der Waals surface area contributed by atoms with E-state index in [4.69, 9.17) is 23.2 Å². The lowest BCUT2D eigenvalue weighted by Crippen LogP contribution is -2.42. The van der Waals surface area contributed by atoms with Crippen molar-refractivity contribution in [3.05, 3.63) is 69.2 Å². The Morgan fingerprint density at radius 2 is 1.56 bits per heavy atom. The number of aliphatic carboxylic acids is 1. The van der Waals surface area contributed by atoms with E-state index >= 15 is 0 Å². The highest BCUT2D eigenvalue weighted by molar-refractivity contribution is 6.39. The zero-order valence-electron chi connectivity index (χ0n) is 14.3. The molecule has 0 radical (unpaired) electrons. The Hall–Kier alpha value is -2.04. The number of benzene rings is 2. The molecule has 0 fully saturated rings. The fourth-order valence-electron chi connectivity index (χ4n) is 2.11. The van der Waals surface area contributed by atoms with Gasteiger partial charge >= 0.3 is 5.97 Å². The Morgan fingerprint density at radius 3 is 2.04 bits per heavy atom. The number of carboxylic acid groups (broad SMARTS) is 1. The van der Waals surface area contributed by atoms with E-state index in [9.17, 15) is 14.7 Å². The number of aryl methyl sites for hydroxylation is 1. The van der Waals surface area contributed by atoms with Crippen molar-refractivity contribution in [3.63, 3.8) is 0 Å². The van der Waals surface area contributed by atoms with Crippen LogP contribution in [-0.4, -0.2) is 23.0 Å². The summed E-state index contributed by atoms with van der Waals surface area (Å²) in [4.78, 5) is 23.7. The summed E-state index contributed by atoms with van der Waals surface area (Å²) in [6.07, 6.45) is 0.170. The highest BCUT2D eigenvalue weighted by Gasteiger charge is 2.23. The van der Waals surface area contributed by atoms with E-state index in [-0.39, 0.29) is 22.0 Å². The molecule has 0 saturated heterocycles. The average molecular weight is 382 g/mol. The van der Waals surface area contributed by atoms with E-state index in [0.29, 0.717) is 0 Å². The van der Waals surface area contributed by atoms with Gasteiger partial charge < -0.3 is 10.4 Å². The smallest absolute Gasteiger partial charge is 0.326 e. The summed E-state index contributed by atoms with van der Waals surface area (Å²) < 4.78 is 0. The summed E-state index contributed by atoms with van der Waals surface area (Å²) in [6, 6.07) is 11.0. The standard InChI is InChI=1S/C17H15Cl2NO3.C2H6/c1-10-5-7-11(8-6-10)9-14(17(22)23)20-16(21)15-12(18)3-2-4-13(15)19;1-2/h2-8,14H,9H2,1H3,(H,20,21)(H,22,23);1-2H3/t14-;/m0./s1. The molecule has 0 bridgehead atoms. The normalized spacial score (nSPS) is 11.1. The molecule has 2 aromatic rings. The summed E-state index contributed by atoms with van der Waals surface area (Å²) in [5, 5.41) is 12.2. The maximum absolute atomic E-state index is 12.3. The Balaban J connectivity index is 0.00000151. The van der Waals surface area contributed by atoms with Crippen LogP contribution in [0.15, 0.2) is 42.5 Å². The van der Waals surface area contributed by atoms with Gasteiger partial charge in [-0.2, -0.15) is 0 Å². The fourth-order valence-corrected chi connectivity index (χ4v) is 2.67. The average Bonchev–Trinajstić information content (AvgIpc) is 2.57. The van der Waals surface area contributed by atoms with Crippen LogP contribution >= 0.6 is 23.2 Å². The molecule has 0 aliphatic rings. The molecule has 2 rings (SSSR count). The largest absolute Gasteiger partial charge is 0.480 e. The molecule has 134 valence electrons. The lowest BCUT2D eigenvalue weighted by molar-refractivity contribution is -0.139. The van der Waals surface area contributed by atoms with Gasteiger partial charge in [-0.25, -0.2) is 4.79 Å². The van der Waals surface area contributed by atoms with Gasteiger partial charge in [0.15, 0.2) is 0 Å². The van der Waals surface area contributed by atoms with Crippen LogP contribution in [0.1, 0.15) is 35.3 Å². The molecule has 1 amide bonds. The lowest BCUT2D eigenvalue weighted by Gasteiger charge is -2.16. The van der Waals surface area contributed by atoms with Gasteiger partial charge in [0, 0.05) is 6.42 Å². The number of rotatable bonds is 5. The van der Waals surface area contributed by atoms with Crippen molar-refractivity contribution in [1.29, 1.82) is 0 Å². The molecule has 25 heavy (non-hydrogen) atoms. The summed E-state index contributed by atoms with van der Waals surface area (Å²) in [5.41, 5.74) is 1.96. The number of hydrogen-bond acceptors (Lipinski definition) is 2. The predicted molar refractivity (Wildman–Crippen MR) is 102 cm³/mol. The molecular weight excluding hydrogens is 361 g/mol. The van der Waals surface area contributed by atoms with Gasteiger partial charge in [-0.3, -0.25) is 4.79 Å². The molecule has 0 heterocycles.